The number of benzene rings is 1. The van der Waals surface area contributed by atoms with Crippen molar-refractivity contribution < 1.29 is 23.1 Å². The number of nitrogens with one attached hydrogen (secondary N) is 1. The Kier molecular flexibility index (Phi) is 6.59. The Bertz CT molecular complexity index is 1230. The molecule has 0 bridgehead atoms. The molecule has 0 saturated carbocycles. The lowest BCUT2D eigenvalue weighted by molar-refractivity contribution is 0.100. The van der Waals surface area contributed by atoms with Gasteiger partial charge in [-0.2, -0.15) is 5.10 Å². The fraction of sp³-hybridized carbons (Fsp3) is 0.227. The van der Waals surface area contributed by atoms with Crippen LogP contribution >= 0.6 is 0 Å². The number of rotatable bonds is 7. The first kappa shape index (κ1) is 22.3. The lowest BCUT2D eigenvalue weighted by Gasteiger charge is -2.11. The third-order valence-corrected chi connectivity index (χ3v) is 5.00. The van der Waals surface area contributed by atoms with Gasteiger partial charge in [-0.25, -0.2) is 22.8 Å². The normalized spacial score (nSPS) is 17.2. The molecule has 0 aliphatic heterocycles. The maximum Gasteiger partial charge on any atom is 0.277 e. The van der Waals surface area contributed by atoms with Crippen molar-refractivity contribution in [2.24, 2.45) is 4.99 Å². The summed E-state index contributed by atoms with van der Waals surface area (Å²) >= 11 is 0. The summed E-state index contributed by atoms with van der Waals surface area (Å²) in [6, 6.07) is 5.40. The first-order chi connectivity index (χ1) is 16.0. The highest BCUT2D eigenvalue weighted by molar-refractivity contribution is 6.08. The van der Waals surface area contributed by atoms with Gasteiger partial charge in [0, 0.05) is 18.2 Å². The van der Waals surface area contributed by atoms with Gasteiger partial charge < -0.3 is 5.11 Å². The number of allylic oxidation sites excluding steroid dienone is 4. The number of aliphatic imine (C=N–C) groups is 1. The Morgan fingerprint density at radius 1 is 1.39 bits per heavy atom. The highest BCUT2D eigenvalue weighted by Crippen LogP contribution is 2.29. The van der Waals surface area contributed by atoms with Crippen molar-refractivity contribution in [2.45, 2.75) is 25.3 Å². The van der Waals surface area contributed by atoms with Crippen molar-refractivity contribution in [1.29, 1.82) is 0 Å². The number of alkyl halides is 2. The summed E-state index contributed by atoms with van der Waals surface area (Å²) in [6.45, 7) is -1.11. The van der Waals surface area contributed by atoms with E-state index < -0.39 is 30.7 Å². The molecule has 1 unspecified atom stereocenters. The molecule has 2 N–H and O–H groups in total. The van der Waals surface area contributed by atoms with E-state index in [1.54, 1.807) is 12.2 Å². The molecular formula is C22H19F3N6O2. The predicted octanol–water partition coefficient (Wildman–Crippen LogP) is 3.10. The number of hydrogen-bond donors (Lipinski definition) is 2. The molecule has 8 nitrogen and oxygen atoms in total. The van der Waals surface area contributed by atoms with Gasteiger partial charge in [0.1, 0.15) is 12.0 Å². The standard InChI is InChI=1S/C22H19F3N6O2/c23-14-6-4-13(5-7-14)18-10-19(29-28-18)21-15(2-1-3-16(21)24)22(33)27-20(17(25)12-32)11-31-9-8-26-30-31/h1-6,8-10,14,17,32H,7,11-12H2,(H,28,29)/t14?,17-/m1/s1. The molecule has 2 heterocycles. The molecule has 0 spiro atoms. The van der Waals surface area contributed by atoms with Crippen LogP contribution in [0.5, 0.6) is 0 Å². The summed E-state index contributed by atoms with van der Waals surface area (Å²) in [4.78, 5) is 16.8. The number of aromatic amines is 1. The molecule has 170 valence electrons. The van der Waals surface area contributed by atoms with Gasteiger partial charge in [0.25, 0.3) is 5.91 Å². The highest BCUT2D eigenvalue weighted by Gasteiger charge is 2.22. The summed E-state index contributed by atoms with van der Waals surface area (Å²) in [5.74, 6) is -1.61. The Balaban J connectivity index is 1.68. The number of hydrogen-bond acceptors (Lipinski definition) is 5. The SMILES string of the molecule is O=C(N=C(Cn1ccnn1)[C@H](F)CO)c1cccc(F)c1-c1cc(C2=CCC(F)C=C2)n[nH]1. The zero-order chi connectivity index (χ0) is 23.4. The molecule has 1 aromatic carbocycles. The third kappa shape index (κ3) is 4.98. The van der Waals surface area contributed by atoms with Gasteiger partial charge in [-0.1, -0.05) is 23.4 Å². The van der Waals surface area contributed by atoms with Crippen molar-refractivity contribution >= 4 is 17.2 Å². The molecule has 33 heavy (non-hydrogen) atoms. The van der Waals surface area contributed by atoms with Gasteiger partial charge in [0.2, 0.25) is 0 Å². The van der Waals surface area contributed by atoms with Crippen LogP contribution in [-0.4, -0.2) is 60.9 Å². The number of aliphatic hydroxyl groups excluding tert-OH is 1. The second kappa shape index (κ2) is 9.74. The molecule has 2 atom stereocenters. The lowest BCUT2D eigenvalue weighted by Crippen LogP contribution is -2.26. The zero-order valence-electron chi connectivity index (χ0n) is 17.2. The smallest absolute Gasteiger partial charge is 0.277 e. The van der Waals surface area contributed by atoms with Crippen LogP contribution in [0.1, 0.15) is 22.5 Å². The van der Waals surface area contributed by atoms with E-state index in [2.05, 4.69) is 25.5 Å². The molecule has 1 aliphatic carbocycles. The number of halogens is 3. The van der Waals surface area contributed by atoms with Gasteiger partial charge in [-0.3, -0.25) is 9.89 Å². The maximum absolute atomic E-state index is 14.8. The van der Waals surface area contributed by atoms with E-state index >= 15 is 0 Å². The summed E-state index contributed by atoms with van der Waals surface area (Å²) in [5, 5.41) is 23.4. The Labute approximate surface area is 186 Å². The second-order valence-electron chi connectivity index (χ2n) is 7.26. The van der Waals surface area contributed by atoms with E-state index in [0.717, 1.165) is 0 Å². The third-order valence-electron chi connectivity index (χ3n) is 5.00. The van der Waals surface area contributed by atoms with E-state index in [0.29, 0.717) is 11.3 Å². The number of nitrogens with zero attached hydrogens (tertiary/aromatic N) is 5. The van der Waals surface area contributed by atoms with Gasteiger partial charge in [-0.05, 0) is 29.8 Å². The summed E-state index contributed by atoms with van der Waals surface area (Å²) in [6.07, 6.45) is 4.70. The monoisotopic (exact) mass is 456 g/mol. The van der Waals surface area contributed by atoms with E-state index in [-0.39, 0.29) is 35.5 Å². The number of amides is 1. The quantitative estimate of drug-likeness (QED) is 0.531. The summed E-state index contributed by atoms with van der Waals surface area (Å²) in [7, 11) is 0. The molecule has 0 saturated heterocycles. The van der Waals surface area contributed by atoms with E-state index in [9.17, 15) is 23.1 Å². The summed E-state index contributed by atoms with van der Waals surface area (Å²) < 4.78 is 43.7. The van der Waals surface area contributed by atoms with E-state index in [4.69, 9.17) is 0 Å². The molecule has 0 fully saturated rings. The average molecular weight is 456 g/mol. The Hall–Kier alpha value is -3.86. The molecule has 0 radical (unpaired) electrons. The van der Waals surface area contributed by atoms with Crippen molar-refractivity contribution in [3.63, 3.8) is 0 Å². The van der Waals surface area contributed by atoms with Crippen molar-refractivity contribution in [3.8, 4) is 11.3 Å². The van der Waals surface area contributed by atoms with Crippen LogP contribution in [-0.2, 0) is 6.54 Å². The number of aliphatic hydroxyl groups is 1. The minimum atomic E-state index is -1.92. The van der Waals surface area contributed by atoms with Gasteiger partial charge in [0.05, 0.1) is 42.0 Å². The molecule has 11 heteroatoms. The fourth-order valence-corrected chi connectivity index (χ4v) is 3.34. The fourth-order valence-electron chi connectivity index (χ4n) is 3.34. The molecule has 2 aromatic heterocycles. The summed E-state index contributed by atoms with van der Waals surface area (Å²) in [5.41, 5.74) is 0.819. The van der Waals surface area contributed by atoms with Crippen LogP contribution in [0.15, 0.2) is 59.9 Å². The number of H-pyrrole nitrogens is 1. The minimum Gasteiger partial charge on any atom is -0.393 e. The van der Waals surface area contributed by atoms with Crippen LogP contribution in [0.25, 0.3) is 16.8 Å². The Morgan fingerprint density at radius 3 is 2.94 bits per heavy atom. The molecule has 4 rings (SSSR count). The number of aromatic nitrogens is 5. The largest absolute Gasteiger partial charge is 0.393 e. The topological polar surface area (TPSA) is 109 Å². The second-order valence-corrected chi connectivity index (χ2v) is 7.26. The number of carbonyl (C=O) groups is 1. The highest BCUT2D eigenvalue weighted by atomic mass is 19.1. The Morgan fingerprint density at radius 2 is 2.24 bits per heavy atom. The van der Waals surface area contributed by atoms with Crippen LogP contribution in [0.4, 0.5) is 13.2 Å². The molecule has 1 amide bonds. The first-order valence-corrected chi connectivity index (χ1v) is 10.0. The van der Waals surface area contributed by atoms with Gasteiger partial charge in [0.15, 0.2) is 6.17 Å². The average Bonchev–Trinajstić information content (AvgIpc) is 3.51. The van der Waals surface area contributed by atoms with Crippen LogP contribution < -0.4 is 0 Å². The number of carbonyl (C=O) groups excluding carboxylic acids is 1. The lowest BCUT2D eigenvalue weighted by atomic mass is 10.00. The molecule has 3 aromatic rings. The van der Waals surface area contributed by atoms with Crippen LogP contribution in [0.2, 0.25) is 0 Å². The van der Waals surface area contributed by atoms with Crippen LogP contribution in [0, 0.1) is 5.82 Å². The minimum absolute atomic E-state index is 0.0896. The van der Waals surface area contributed by atoms with E-state index in [1.165, 1.54) is 47.4 Å². The van der Waals surface area contributed by atoms with Gasteiger partial charge >= 0.3 is 0 Å². The zero-order valence-corrected chi connectivity index (χ0v) is 17.2. The first-order valence-electron chi connectivity index (χ1n) is 10.0. The maximum atomic E-state index is 14.8. The van der Waals surface area contributed by atoms with Crippen molar-refractivity contribution in [2.75, 3.05) is 6.61 Å². The predicted molar refractivity (Wildman–Crippen MR) is 114 cm³/mol. The van der Waals surface area contributed by atoms with Crippen molar-refractivity contribution in [3.05, 3.63) is 72.0 Å². The van der Waals surface area contributed by atoms with Crippen LogP contribution in [0.3, 0.4) is 0 Å². The molecule has 1 aliphatic rings. The van der Waals surface area contributed by atoms with Gasteiger partial charge in [-0.15, -0.1) is 5.10 Å². The molecular weight excluding hydrogens is 437 g/mol. The van der Waals surface area contributed by atoms with Crippen molar-refractivity contribution in [1.82, 2.24) is 25.2 Å². The van der Waals surface area contributed by atoms with E-state index in [1.807, 2.05) is 0 Å².